The van der Waals surface area contributed by atoms with Gasteiger partial charge in [0.15, 0.2) is 0 Å². The third-order valence-electron chi connectivity index (χ3n) is 0.904. The van der Waals surface area contributed by atoms with E-state index < -0.39 is 5.97 Å². The fourth-order valence-electron chi connectivity index (χ4n) is 0.351. The number of carboxylic acid groups (broad SMARTS) is 1. The minimum atomic E-state index is -1.12. The first-order valence-corrected chi connectivity index (χ1v) is 2.60. The van der Waals surface area contributed by atoms with Gasteiger partial charge in [0.25, 0.3) is 0 Å². The Balaban J connectivity index is 4.36. The van der Waals surface area contributed by atoms with Crippen molar-refractivity contribution in [1.29, 1.82) is 0 Å². The molecule has 0 radical (unpaired) electrons. The summed E-state index contributed by atoms with van der Waals surface area (Å²) in [5, 5.41) is 8.32. The Morgan fingerprint density at radius 3 is 2.40 bits per heavy atom. The lowest BCUT2D eigenvalue weighted by molar-refractivity contribution is -0.132. The number of hydrogen-bond acceptors (Lipinski definition) is 2. The van der Waals surface area contributed by atoms with Crippen LogP contribution < -0.4 is 5.73 Å². The fraction of sp³-hybridized carbons (Fsp3) is 0. The summed E-state index contributed by atoms with van der Waals surface area (Å²) >= 11 is 0. The van der Waals surface area contributed by atoms with Gasteiger partial charge >= 0.3 is 5.97 Å². The van der Waals surface area contributed by atoms with Gasteiger partial charge in [-0.15, -0.1) is 0 Å². The quantitative estimate of drug-likeness (QED) is 0.446. The van der Waals surface area contributed by atoms with E-state index in [1.807, 2.05) is 0 Å². The van der Waals surface area contributed by atoms with E-state index in [0.717, 1.165) is 0 Å². The molecule has 0 saturated carbocycles. The molecule has 3 nitrogen and oxygen atoms in total. The summed E-state index contributed by atoms with van der Waals surface area (Å²) in [7, 11) is 0. The molecular formula is C7H9NO2. The van der Waals surface area contributed by atoms with Gasteiger partial charge in [-0.2, -0.15) is 0 Å². The molecule has 0 rings (SSSR count). The minimum absolute atomic E-state index is 0.111. The average molecular weight is 139 g/mol. The van der Waals surface area contributed by atoms with E-state index in [-0.39, 0.29) is 11.3 Å². The zero-order valence-electron chi connectivity index (χ0n) is 5.50. The first kappa shape index (κ1) is 8.49. The second kappa shape index (κ2) is 3.50. The standard InChI is InChI=1S/C7H9NO2/c1-3-4-6(8)5(2)7(9)10/h3-4H,1-2,8H2,(H,9,10)/b6-4+. The number of aliphatic carboxylic acids is 1. The number of rotatable bonds is 3. The van der Waals surface area contributed by atoms with Crippen molar-refractivity contribution >= 4 is 5.97 Å². The molecule has 54 valence electrons. The van der Waals surface area contributed by atoms with Crippen molar-refractivity contribution in [3.8, 4) is 0 Å². The molecule has 0 aliphatic carbocycles. The maximum absolute atomic E-state index is 10.2. The van der Waals surface area contributed by atoms with Crippen molar-refractivity contribution in [3.63, 3.8) is 0 Å². The number of carbonyl (C=O) groups is 1. The van der Waals surface area contributed by atoms with Crippen LogP contribution in [0.4, 0.5) is 0 Å². The molecule has 0 fully saturated rings. The fourth-order valence-corrected chi connectivity index (χ4v) is 0.351. The molecule has 0 unspecified atom stereocenters. The summed E-state index contributed by atoms with van der Waals surface area (Å²) in [4.78, 5) is 10.2. The summed E-state index contributed by atoms with van der Waals surface area (Å²) in [5.74, 6) is -1.12. The molecule has 0 atom stereocenters. The molecule has 0 bridgehead atoms. The Morgan fingerprint density at radius 2 is 2.10 bits per heavy atom. The first-order valence-electron chi connectivity index (χ1n) is 2.60. The zero-order valence-corrected chi connectivity index (χ0v) is 5.50. The summed E-state index contributed by atoms with van der Waals surface area (Å²) in [6, 6.07) is 0. The highest BCUT2D eigenvalue weighted by Gasteiger charge is 2.04. The van der Waals surface area contributed by atoms with Crippen molar-refractivity contribution < 1.29 is 9.90 Å². The molecule has 0 aromatic carbocycles. The highest BCUT2D eigenvalue weighted by molar-refractivity contribution is 5.90. The van der Waals surface area contributed by atoms with Crippen LogP contribution in [-0.4, -0.2) is 11.1 Å². The maximum Gasteiger partial charge on any atom is 0.337 e. The van der Waals surface area contributed by atoms with Gasteiger partial charge in [-0.05, 0) is 6.08 Å². The number of allylic oxidation sites excluding steroid dienone is 2. The molecule has 10 heavy (non-hydrogen) atoms. The second-order valence-corrected chi connectivity index (χ2v) is 1.64. The second-order valence-electron chi connectivity index (χ2n) is 1.64. The SMILES string of the molecule is C=C/C=C(/N)C(=C)C(=O)O. The van der Waals surface area contributed by atoms with E-state index in [0.29, 0.717) is 0 Å². The normalized spacial score (nSPS) is 10.6. The summed E-state index contributed by atoms with van der Waals surface area (Å²) in [5.41, 5.74) is 5.25. The predicted octanol–water partition coefficient (Wildman–Crippen LogP) is 0.656. The number of carboxylic acids is 1. The summed E-state index contributed by atoms with van der Waals surface area (Å²) < 4.78 is 0. The number of hydrogen-bond donors (Lipinski definition) is 2. The Labute approximate surface area is 59.2 Å². The van der Waals surface area contributed by atoms with E-state index in [1.54, 1.807) is 0 Å². The average Bonchev–Trinajstić information content (AvgIpc) is 1.87. The summed E-state index contributed by atoms with van der Waals surface area (Å²) in [6.45, 7) is 6.58. The van der Waals surface area contributed by atoms with Gasteiger partial charge in [-0.25, -0.2) is 4.79 Å². The maximum atomic E-state index is 10.2. The Morgan fingerprint density at radius 1 is 1.60 bits per heavy atom. The van der Waals surface area contributed by atoms with Crippen LogP contribution in [0.3, 0.4) is 0 Å². The van der Waals surface area contributed by atoms with Crippen molar-refractivity contribution in [2.45, 2.75) is 0 Å². The molecule has 3 heteroatoms. The third kappa shape index (κ3) is 2.17. The van der Waals surface area contributed by atoms with Gasteiger partial charge in [0.1, 0.15) is 0 Å². The molecule has 0 aliphatic rings. The molecule has 0 amide bonds. The smallest absolute Gasteiger partial charge is 0.337 e. The lowest BCUT2D eigenvalue weighted by atomic mass is 10.2. The van der Waals surface area contributed by atoms with Crippen molar-refractivity contribution in [2.75, 3.05) is 0 Å². The predicted molar refractivity (Wildman–Crippen MR) is 39.2 cm³/mol. The van der Waals surface area contributed by atoms with Crippen LogP contribution in [0.2, 0.25) is 0 Å². The highest BCUT2D eigenvalue weighted by atomic mass is 16.4. The minimum Gasteiger partial charge on any atom is -0.478 e. The molecule has 0 heterocycles. The Kier molecular flexibility index (Phi) is 2.97. The van der Waals surface area contributed by atoms with E-state index in [4.69, 9.17) is 10.8 Å². The van der Waals surface area contributed by atoms with E-state index in [1.165, 1.54) is 12.2 Å². The van der Waals surface area contributed by atoms with Gasteiger partial charge in [0, 0.05) is 5.70 Å². The molecule has 0 spiro atoms. The van der Waals surface area contributed by atoms with E-state index in [2.05, 4.69) is 13.2 Å². The van der Waals surface area contributed by atoms with Crippen LogP contribution in [0.25, 0.3) is 0 Å². The van der Waals surface area contributed by atoms with Gasteiger partial charge < -0.3 is 10.8 Å². The van der Waals surface area contributed by atoms with Gasteiger partial charge in [0.05, 0.1) is 5.57 Å². The lowest BCUT2D eigenvalue weighted by Crippen LogP contribution is -2.08. The summed E-state index contributed by atoms with van der Waals surface area (Å²) in [6.07, 6.45) is 2.79. The zero-order chi connectivity index (χ0) is 8.15. The van der Waals surface area contributed by atoms with Crippen LogP contribution >= 0.6 is 0 Å². The topological polar surface area (TPSA) is 63.3 Å². The molecular weight excluding hydrogens is 130 g/mol. The van der Waals surface area contributed by atoms with Gasteiger partial charge in [0.2, 0.25) is 0 Å². The molecule has 0 aromatic heterocycles. The van der Waals surface area contributed by atoms with Crippen molar-refractivity contribution in [3.05, 3.63) is 36.6 Å². The van der Waals surface area contributed by atoms with Crippen LogP contribution in [0.1, 0.15) is 0 Å². The largest absolute Gasteiger partial charge is 0.478 e. The molecule has 0 aliphatic heterocycles. The van der Waals surface area contributed by atoms with E-state index in [9.17, 15) is 4.79 Å². The Hall–Kier alpha value is -1.51. The van der Waals surface area contributed by atoms with Crippen LogP contribution in [0.5, 0.6) is 0 Å². The monoisotopic (exact) mass is 139 g/mol. The van der Waals surface area contributed by atoms with Crippen LogP contribution in [0, 0.1) is 0 Å². The first-order chi connectivity index (χ1) is 4.59. The van der Waals surface area contributed by atoms with Crippen molar-refractivity contribution in [2.24, 2.45) is 5.73 Å². The molecule has 3 N–H and O–H groups in total. The molecule has 0 aromatic rings. The van der Waals surface area contributed by atoms with Crippen molar-refractivity contribution in [1.82, 2.24) is 0 Å². The highest BCUT2D eigenvalue weighted by Crippen LogP contribution is 1.99. The van der Waals surface area contributed by atoms with Gasteiger partial charge in [-0.3, -0.25) is 0 Å². The van der Waals surface area contributed by atoms with Crippen LogP contribution in [0.15, 0.2) is 36.6 Å². The molecule has 0 saturated heterocycles. The van der Waals surface area contributed by atoms with Crippen LogP contribution in [-0.2, 0) is 4.79 Å². The third-order valence-corrected chi connectivity index (χ3v) is 0.904. The Bertz CT molecular complexity index is 204. The van der Waals surface area contributed by atoms with E-state index >= 15 is 0 Å². The number of nitrogens with two attached hydrogens (primary N) is 1. The lowest BCUT2D eigenvalue weighted by Gasteiger charge is -1.96. The van der Waals surface area contributed by atoms with Gasteiger partial charge in [-0.1, -0.05) is 19.2 Å².